The van der Waals surface area contributed by atoms with Crippen LogP contribution in [0.15, 0.2) is 84.1 Å². The second-order valence-electron chi connectivity index (χ2n) is 9.37. The van der Waals surface area contributed by atoms with Crippen LogP contribution < -0.4 is 20.1 Å². The number of hydrogen-bond donors (Lipinski definition) is 2. The van der Waals surface area contributed by atoms with Gasteiger partial charge in [0.15, 0.2) is 17.3 Å². The molecule has 3 aromatic rings. The van der Waals surface area contributed by atoms with Gasteiger partial charge >= 0.3 is 5.97 Å². The number of ketones is 1. The molecule has 1 aliphatic heterocycles. The number of para-hydroxylation sites is 2. The molecule has 0 saturated heterocycles. The SMILES string of the molecule is COC(=O)[C@H]1C(=O)C2=C(C[C@@H]1C)Nc1ccccc1N[C@H]2c1ccc(OCc2ccccc2)c(OC)c1. The lowest BCUT2D eigenvalue weighted by Crippen LogP contribution is -2.39. The topological polar surface area (TPSA) is 85.9 Å². The van der Waals surface area contributed by atoms with Crippen LogP contribution in [0.3, 0.4) is 0 Å². The number of Topliss-reactive ketones (excluding diaryl/α,β-unsaturated/α-hetero) is 1. The third-order valence-electron chi connectivity index (χ3n) is 6.98. The molecule has 0 bridgehead atoms. The Labute approximate surface area is 216 Å². The summed E-state index contributed by atoms with van der Waals surface area (Å²) in [6.07, 6.45) is 0.544. The van der Waals surface area contributed by atoms with Crippen LogP contribution in [-0.2, 0) is 20.9 Å². The molecule has 0 aromatic heterocycles. The van der Waals surface area contributed by atoms with Gasteiger partial charge in [-0.05, 0) is 47.7 Å². The van der Waals surface area contributed by atoms with Crippen molar-refractivity contribution in [2.75, 3.05) is 24.9 Å². The van der Waals surface area contributed by atoms with Crippen molar-refractivity contribution >= 4 is 23.1 Å². The summed E-state index contributed by atoms with van der Waals surface area (Å²) in [6, 6.07) is 22.9. The zero-order valence-electron chi connectivity index (χ0n) is 21.1. The van der Waals surface area contributed by atoms with E-state index < -0.39 is 17.9 Å². The molecule has 0 saturated carbocycles. The van der Waals surface area contributed by atoms with E-state index >= 15 is 0 Å². The van der Waals surface area contributed by atoms with E-state index in [1.165, 1.54) is 7.11 Å². The first-order chi connectivity index (χ1) is 18.0. The highest BCUT2D eigenvalue weighted by atomic mass is 16.5. The predicted molar refractivity (Wildman–Crippen MR) is 142 cm³/mol. The summed E-state index contributed by atoms with van der Waals surface area (Å²) in [7, 11) is 2.92. The van der Waals surface area contributed by atoms with Crippen LogP contribution >= 0.6 is 0 Å². The molecule has 190 valence electrons. The summed E-state index contributed by atoms with van der Waals surface area (Å²) < 4.78 is 16.7. The smallest absolute Gasteiger partial charge is 0.316 e. The van der Waals surface area contributed by atoms with Gasteiger partial charge < -0.3 is 24.8 Å². The van der Waals surface area contributed by atoms with Gasteiger partial charge in [-0.25, -0.2) is 0 Å². The van der Waals surface area contributed by atoms with Crippen molar-refractivity contribution in [1.29, 1.82) is 0 Å². The minimum absolute atomic E-state index is 0.194. The molecular formula is C30H30N2O5. The maximum Gasteiger partial charge on any atom is 0.316 e. The molecular weight excluding hydrogens is 468 g/mol. The van der Waals surface area contributed by atoms with Gasteiger partial charge in [-0.1, -0.05) is 55.5 Å². The standard InChI is InChI=1S/C30H30N2O5/c1-18-15-23-27(29(33)26(18)30(34)36-3)28(32-22-12-8-7-11-21(22)31-23)20-13-14-24(25(16-20)35-2)37-17-19-9-5-4-6-10-19/h4-14,16,18,26,28,31-32H,15,17H2,1-3H3/t18-,26+,28-/m0/s1. The van der Waals surface area contributed by atoms with E-state index in [2.05, 4.69) is 10.6 Å². The number of ether oxygens (including phenoxy) is 3. The van der Waals surface area contributed by atoms with Crippen molar-refractivity contribution in [3.8, 4) is 11.5 Å². The number of allylic oxidation sites excluding steroid dienone is 1. The van der Waals surface area contributed by atoms with E-state index in [1.807, 2.05) is 79.7 Å². The van der Waals surface area contributed by atoms with Gasteiger partial charge in [0, 0.05) is 11.3 Å². The van der Waals surface area contributed by atoms with Gasteiger partial charge in [0.2, 0.25) is 0 Å². The Kier molecular flexibility index (Phi) is 6.86. The van der Waals surface area contributed by atoms with E-state index in [9.17, 15) is 9.59 Å². The molecule has 2 aliphatic rings. The van der Waals surface area contributed by atoms with Crippen LogP contribution in [0.25, 0.3) is 0 Å². The maximum absolute atomic E-state index is 13.8. The fourth-order valence-electron chi connectivity index (χ4n) is 5.10. The Morgan fingerprint density at radius 1 is 0.946 bits per heavy atom. The molecule has 3 aromatic carbocycles. The number of carbonyl (C=O) groups is 2. The summed E-state index contributed by atoms with van der Waals surface area (Å²) in [5.41, 5.74) is 4.95. The fourth-order valence-corrected chi connectivity index (χ4v) is 5.10. The van der Waals surface area contributed by atoms with Crippen LogP contribution in [0, 0.1) is 11.8 Å². The second-order valence-corrected chi connectivity index (χ2v) is 9.37. The molecule has 0 amide bonds. The molecule has 2 N–H and O–H groups in total. The van der Waals surface area contributed by atoms with E-state index in [0.717, 1.165) is 28.2 Å². The van der Waals surface area contributed by atoms with Gasteiger partial charge in [-0.15, -0.1) is 0 Å². The Morgan fingerprint density at radius 2 is 1.68 bits per heavy atom. The van der Waals surface area contributed by atoms with Gasteiger partial charge in [0.25, 0.3) is 0 Å². The molecule has 0 fully saturated rings. The second kappa shape index (κ2) is 10.4. The van der Waals surface area contributed by atoms with Crippen molar-refractivity contribution in [3.05, 3.63) is 95.2 Å². The van der Waals surface area contributed by atoms with Crippen LogP contribution in [0.2, 0.25) is 0 Å². The van der Waals surface area contributed by atoms with Crippen molar-refractivity contribution in [2.45, 2.75) is 26.0 Å². The number of carbonyl (C=O) groups excluding carboxylic acids is 2. The number of hydrogen-bond acceptors (Lipinski definition) is 7. The number of anilines is 2. The van der Waals surface area contributed by atoms with Gasteiger partial charge in [-0.3, -0.25) is 9.59 Å². The Hall–Kier alpha value is -4.26. The average molecular weight is 499 g/mol. The molecule has 0 unspecified atom stereocenters. The largest absolute Gasteiger partial charge is 0.493 e. The Balaban J connectivity index is 1.54. The summed E-state index contributed by atoms with van der Waals surface area (Å²) in [5, 5.41) is 7.00. The summed E-state index contributed by atoms with van der Waals surface area (Å²) in [6.45, 7) is 2.31. The van der Waals surface area contributed by atoms with Crippen LogP contribution in [0.4, 0.5) is 11.4 Å². The highest BCUT2D eigenvalue weighted by Crippen LogP contribution is 2.45. The molecule has 7 heteroatoms. The average Bonchev–Trinajstić information content (AvgIpc) is 3.09. The van der Waals surface area contributed by atoms with Crippen molar-refractivity contribution in [3.63, 3.8) is 0 Å². The molecule has 5 rings (SSSR count). The first kappa shape index (κ1) is 24.4. The summed E-state index contributed by atoms with van der Waals surface area (Å²) in [4.78, 5) is 26.4. The van der Waals surface area contributed by atoms with E-state index in [4.69, 9.17) is 14.2 Å². The lowest BCUT2D eigenvalue weighted by atomic mass is 9.75. The Morgan fingerprint density at radius 3 is 2.41 bits per heavy atom. The molecule has 7 nitrogen and oxygen atoms in total. The fraction of sp³-hybridized carbons (Fsp3) is 0.267. The molecule has 1 aliphatic carbocycles. The van der Waals surface area contributed by atoms with Crippen molar-refractivity contribution in [2.24, 2.45) is 11.8 Å². The first-order valence-electron chi connectivity index (χ1n) is 12.3. The van der Waals surface area contributed by atoms with Gasteiger partial charge in [-0.2, -0.15) is 0 Å². The molecule has 0 spiro atoms. The van der Waals surface area contributed by atoms with Gasteiger partial charge in [0.05, 0.1) is 31.6 Å². The first-order valence-corrected chi connectivity index (χ1v) is 12.3. The molecule has 0 radical (unpaired) electrons. The quantitative estimate of drug-likeness (QED) is 0.343. The molecule has 37 heavy (non-hydrogen) atoms. The highest BCUT2D eigenvalue weighted by Gasteiger charge is 2.44. The van der Waals surface area contributed by atoms with Crippen LogP contribution in [0.1, 0.15) is 30.5 Å². The number of fused-ring (bicyclic) bond motifs is 1. The van der Waals surface area contributed by atoms with Gasteiger partial charge in [0.1, 0.15) is 12.5 Å². The summed E-state index contributed by atoms with van der Waals surface area (Å²) >= 11 is 0. The zero-order chi connectivity index (χ0) is 25.9. The number of rotatable bonds is 6. The minimum atomic E-state index is -0.855. The Bertz CT molecular complexity index is 1350. The van der Waals surface area contributed by atoms with E-state index in [0.29, 0.717) is 30.1 Å². The minimum Gasteiger partial charge on any atom is -0.493 e. The predicted octanol–water partition coefficient (Wildman–Crippen LogP) is 5.51. The maximum atomic E-state index is 13.8. The molecule has 3 atom stereocenters. The lowest BCUT2D eigenvalue weighted by Gasteiger charge is -2.32. The zero-order valence-corrected chi connectivity index (χ0v) is 21.1. The van der Waals surface area contributed by atoms with Crippen molar-refractivity contribution in [1.82, 2.24) is 0 Å². The van der Waals surface area contributed by atoms with E-state index in [-0.39, 0.29) is 11.7 Å². The lowest BCUT2D eigenvalue weighted by molar-refractivity contribution is -0.151. The summed E-state index contributed by atoms with van der Waals surface area (Å²) in [5.74, 6) is -0.628. The van der Waals surface area contributed by atoms with E-state index in [1.54, 1.807) is 7.11 Å². The normalized spacial score (nSPS) is 20.5. The monoisotopic (exact) mass is 498 g/mol. The van der Waals surface area contributed by atoms with Crippen LogP contribution in [0.5, 0.6) is 11.5 Å². The number of methoxy groups -OCH3 is 2. The van der Waals surface area contributed by atoms with Crippen LogP contribution in [-0.4, -0.2) is 26.0 Å². The number of benzene rings is 3. The van der Waals surface area contributed by atoms with Crippen molar-refractivity contribution < 1.29 is 23.8 Å². The third kappa shape index (κ3) is 4.77. The molecule has 1 heterocycles. The third-order valence-corrected chi connectivity index (χ3v) is 6.98. The number of nitrogens with one attached hydrogen (secondary N) is 2. The number of esters is 1. The highest BCUT2D eigenvalue weighted by molar-refractivity contribution is 6.11.